The molecule has 86 valence electrons. The fourth-order valence-electron chi connectivity index (χ4n) is 1.40. The summed E-state index contributed by atoms with van der Waals surface area (Å²) in [4.78, 5) is 17.8. The van der Waals surface area contributed by atoms with E-state index in [4.69, 9.17) is 10.8 Å². The minimum absolute atomic E-state index is 0. The Bertz CT molecular complexity index is 465. The first kappa shape index (κ1) is 12.5. The van der Waals surface area contributed by atoms with E-state index in [9.17, 15) is 4.79 Å². The molecule has 0 spiro atoms. The molecule has 1 aromatic heterocycles. The van der Waals surface area contributed by atoms with E-state index >= 15 is 0 Å². The number of carboxylic acid groups (broad SMARTS) is 1. The summed E-state index contributed by atoms with van der Waals surface area (Å²) in [5.41, 5.74) is 7.13. The summed E-state index contributed by atoms with van der Waals surface area (Å²) in [7, 11) is 0. The minimum Gasteiger partial charge on any atom is -0.480 e. The number of nitrogens with one attached hydrogen (secondary N) is 1. The Morgan fingerprint density at radius 1 is 1.50 bits per heavy atom. The van der Waals surface area contributed by atoms with Crippen LogP contribution in [0.4, 0.5) is 0 Å². The number of imidazole rings is 1. The lowest BCUT2D eigenvalue weighted by Crippen LogP contribution is -2.32. The van der Waals surface area contributed by atoms with Gasteiger partial charge in [-0.2, -0.15) is 0 Å². The van der Waals surface area contributed by atoms with Crippen molar-refractivity contribution in [2.24, 2.45) is 5.73 Å². The molecular formula is C10H12ClN3O2. The molecule has 0 amide bonds. The fraction of sp³-hybridized carbons (Fsp3) is 0.200. The molecule has 0 unspecified atom stereocenters. The molecule has 0 aliphatic rings. The molecule has 1 aromatic carbocycles. The summed E-state index contributed by atoms with van der Waals surface area (Å²) in [6.45, 7) is 0. The van der Waals surface area contributed by atoms with Gasteiger partial charge in [0.2, 0.25) is 0 Å². The molecule has 0 aliphatic carbocycles. The maximum atomic E-state index is 10.6. The number of nitrogens with two attached hydrogens (primary N) is 1. The lowest BCUT2D eigenvalue weighted by atomic mass is 10.2. The number of rotatable bonds is 3. The van der Waals surface area contributed by atoms with Crippen LogP contribution in [0.2, 0.25) is 0 Å². The maximum absolute atomic E-state index is 10.6. The van der Waals surface area contributed by atoms with Crippen LogP contribution in [0.1, 0.15) is 5.82 Å². The van der Waals surface area contributed by atoms with Crippen LogP contribution in [-0.4, -0.2) is 27.1 Å². The molecule has 0 saturated heterocycles. The highest BCUT2D eigenvalue weighted by atomic mass is 35.5. The molecule has 2 rings (SSSR count). The van der Waals surface area contributed by atoms with Gasteiger partial charge in [-0.25, -0.2) is 4.98 Å². The van der Waals surface area contributed by atoms with Gasteiger partial charge in [-0.3, -0.25) is 4.79 Å². The molecule has 0 radical (unpaired) electrons. The number of halogens is 1. The van der Waals surface area contributed by atoms with Gasteiger partial charge in [0.15, 0.2) is 0 Å². The summed E-state index contributed by atoms with van der Waals surface area (Å²) in [6, 6.07) is 6.61. The second kappa shape index (κ2) is 4.96. The smallest absolute Gasteiger partial charge is 0.320 e. The topological polar surface area (TPSA) is 92.0 Å². The van der Waals surface area contributed by atoms with Crippen LogP contribution in [0.15, 0.2) is 24.3 Å². The van der Waals surface area contributed by atoms with Crippen LogP contribution in [0.5, 0.6) is 0 Å². The fourth-order valence-corrected chi connectivity index (χ4v) is 1.40. The molecule has 0 fully saturated rings. The van der Waals surface area contributed by atoms with Gasteiger partial charge in [-0.05, 0) is 12.1 Å². The standard InChI is InChI=1S/C10H11N3O2.ClH/c11-6(10(14)15)5-9-12-7-3-1-2-4-8(7)13-9;/h1-4,6H,5,11H2,(H,12,13)(H,14,15);1H/t6-;/m0./s1. The normalized spacial score (nSPS) is 12.1. The molecule has 6 heteroatoms. The van der Waals surface area contributed by atoms with E-state index in [2.05, 4.69) is 9.97 Å². The third-order valence-corrected chi connectivity index (χ3v) is 2.17. The summed E-state index contributed by atoms with van der Waals surface area (Å²) in [5.74, 6) is -0.415. The van der Waals surface area contributed by atoms with Crippen LogP contribution in [0.3, 0.4) is 0 Å². The average Bonchev–Trinajstić information content (AvgIpc) is 2.59. The van der Waals surface area contributed by atoms with Crippen LogP contribution in [0, 0.1) is 0 Å². The quantitative estimate of drug-likeness (QED) is 0.746. The molecule has 0 saturated carbocycles. The van der Waals surface area contributed by atoms with Crippen LogP contribution in [0.25, 0.3) is 11.0 Å². The number of fused-ring (bicyclic) bond motifs is 1. The number of para-hydroxylation sites is 2. The van der Waals surface area contributed by atoms with Gasteiger partial charge in [0.25, 0.3) is 0 Å². The molecule has 1 heterocycles. The number of carboxylic acids is 1. The number of aromatic nitrogens is 2. The Morgan fingerprint density at radius 2 is 2.19 bits per heavy atom. The molecule has 0 aliphatic heterocycles. The van der Waals surface area contributed by atoms with E-state index < -0.39 is 12.0 Å². The number of hydrogen-bond donors (Lipinski definition) is 3. The van der Waals surface area contributed by atoms with Gasteiger partial charge in [-0.1, -0.05) is 12.1 Å². The average molecular weight is 242 g/mol. The summed E-state index contributed by atoms with van der Waals surface area (Å²) in [5, 5.41) is 8.65. The number of benzene rings is 1. The van der Waals surface area contributed by atoms with Crippen molar-refractivity contribution in [3.63, 3.8) is 0 Å². The van der Waals surface area contributed by atoms with Gasteiger partial charge in [-0.15, -0.1) is 12.4 Å². The zero-order valence-electron chi connectivity index (χ0n) is 8.38. The van der Waals surface area contributed by atoms with E-state index in [1.807, 2.05) is 24.3 Å². The number of carbonyl (C=O) groups is 1. The monoisotopic (exact) mass is 241 g/mol. The number of aromatic amines is 1. The van der Waals surface area contributed by atoms with E-state index in [-0.39, 0.29) is 18.8 Å². The third-order valence-electron chi connectivity index (χ3n) is 2.17. The Morgan fingerprint density at radius 3 is 2.81 bits per heavy atom. The highest BCUT2D eigenvalue weighted by molar-refractivity contribution is 5.85. The van der Waals surface area contributed by atoms with Gasteiger partial charge in [0, 0.05) is 6.42 Å². The SMILES string of the molecule is Cl.N[C@@H](Cc1nc2ccccc2[nH]1)C(=O)O. The van der Waals surface area contributed by atoms with E-state index in [0.717, 1.165) is 11.0 Å². The predicted octanol–water partition coefficient (Wildman–Crippen LogP) is 0.939. The Kier molecular flexibility index (Phi) is 3.87. The molecule has 16 heavy (non-hydrogen) atoms. The van der Waals surface area contributed by atoms with Crippen molar-refractivity contribution in [1.82, 2.24) is 9.97 Å². The molecule has 2 aromatic rings. The Labute approximate surface area is 98.1 Å². The highest BCUT2D eigenvalue weighted by Crippen LogP contribution is 2.10. The first-order valence-electron chi connectivity index (χ1n) is 4.59. The van der Waals surface area contributed by atoms with E-state index in [1.54, 1.807) is 0 Å². The summed E-state index contributed by atoms with van der Waals surface area (Å²) < 4.78 is 0. The maximum Gasteiger partial charge on any atom is 0.320 e. The highest BCUT2D eigenvalue weighted by Gasteiger charge is 2.14. The van der Waals surface area contributed by atoms with Crippen molar-refractivity contribution in [2.45, 2.75) is 12.5 Å². The lowest BCUT2D eigenvalue weighted by molar-refractivity contribution is -0.138. The van der Waals surface area contributed by atoms with Crippen molar-refractivity contribution >= 4 is 29.4 Å². The zero-order valence-corrected chi connectivity index (χ0v) is 9.20. The predicted molar refractivity (Wildman–Crippen MR) is 62.7 cm³/mol. The van der Waals surface area contributed by atoms with Crippen molar-refractivity contribution in [3.05, 3.63) is 30.1 Å². The second-order valence-electron chi connectivity index (χ2n) is 3.35. The Balaban J connectivity index is 0.00000128. The minimum atomic E-state index is -1.02. The van der Waals surface area contributed by atoms with Gasteiger partial charge < -0.3 is 15.8 Å². The second-order valence-corrected chi connectivity index (χ2v) is 3.35. The molecule has 5 nitrogen and oxygen atoms in total. The van der Waals surface area contributed by atoms with Crippen molar-refractivity contribution < 1.29 is 9.90 Å². The first-order valence-corrected chi connectivity index (χ1v) is 4.59. The molecular weight excluding hydrogens is 230 g/mol. The van der Waals surface area contributed by atoms with Crippen LogP contribution in [-0.2, 0) is 11.2 Å². The van der Waals surface area contributed by atoms with Gasteiger partial charge in [0.05, 0.1) is 11.0 Å². The number of aliphatic carboxylic acids is 1. The van der Waals surface area contributed by atoms with Gasteiger partial charge in [0.1, 0.15) is 11.9 Å². The first-order chi connectivity index (χ1) is 7.16. The van der Waals surface area contributed by atoms with Crippen LogP contribution < -0.4 is 5.73 Å². The van der Waals surface area contributed by atoms with Crippen molar-refractivity contribution in [2.75, 3.05) is 0 Å². The van der Waals surface area contributed by atoms with Crippen molar-refractivity contribution in [1.29, 1.82) is 0 Å². The zero-order chi connectivity index (χ0) is 10.8. The largest absolute Gasteiger partial charge is 0.480 e. The molecule has 0 bridgehead atoms. The number of hydrogen-bond acceptors (Lipinski definition) is 3. The Hall–Kier alpha value is -1.59. The summed E-state index contributed by atoms with van der Waals surface area (Å²) in [6.07, 6.45) is 0.212. The molecule has 1 atom stereocenters. The number of H-pyrrole nitrogens is 1. The molecule has 4 N–H and O–H groups in total. The number of nitrogens with zero attached hydrogens (tertiary/aromatic N) is 1. The van der Waals surface area contributed by atoms with Gasteiger partial charge >= 0.3 is 5.97 Å². The third kappa shape index (κ3) is 2.50. The van der Waals surface area contributed by atoms with Crippen molar-refractivity contribution in [3.8, 4) is 0 Å². The van der Waals surface area contributed by atoms with E-state index in [1.165, 1.54) is 0 Å². The lowest BCUT2D eigenvalue weighted by Gasteiger charge is -2.01. The van der Waals surface area contributed by atoms with E-state index in [0.29, 0.717) is 5.82 Å². The van der Waals surface area contributed by atoms with Crippen LogP contribution >= 0.6 is 12.4 Å². The summed E-state index contributed by atoms with van der Waals surface area (Å²) >= 11 is 0.